The molecule has 0 aliphatic carbocycles. The number of aromatic nitrogens is 1. The number of nitrogens with zero attached hydrogens (tertiary/aromatic N) is 1. The largest absolute Gasteiger partial charge is 0.573 e. The van der Waals surface area contributed by atoms with Crippen LogP contribution in [0.2, 0.25) is 0 Å². The second-order valence-corrected chi connectivity index (χ2v) is 3.30. The van der Waals surface area contributed by atoms with Crippen molar-refractivity contribution in [3.63, 3.8) is 0 Å². The molecule has 0 unspecified atom stereocenters. The summed E-state index contributed by atoms with van der Waals surface area (Å²) in [4.78, 5) is 14.1. The third-order valence-corrected chi connectivity index (χ3v) is 2.02. The highest BCUT2D eigenvalue weighted by molar-refractivity contribution is 5.73. The standard InChI is InChI=1S/C9H10F3N3O3/c10-9(11,12)18-7-5(1-6(16)17)4(2-13)3-15-8(7)14/h3H,1-2,13H2,(H2,14,15)(H,16,17). The van der Waals surface area contributed by atoms with Crippen molar-refractivity contribution in [3.8, 4) is 5.75 Å². The van der Waals surface area contributed by atoms with Gasteiger partial charge in [0, 0.05) is 18.3 Å². The molecule has 1 heterocycles. The topological polar surface area (TPSA) is 111 Å². The Balaban J connectivity index is 3.31. The van der Waals surface area contributed by atoms with Gasteiger partial charge in [-0.1, -0.05) is 0 Å². The molecule has 0 fully saturated rings. The Morgan fingerprint density at radius 1 is 1.50 bits per heavy atom. The smallest absolute Gasteiger partial charge is 0.481 e. The van der Waals surface area contributed by atoms with Crippen LogP contribution in [0.4, 0.5) is 19.0 Å². The predicted molar refractivity (Wildman–Crippen MR) is 54.6 cm³/mol. The van der Waals surface area contributed by atoms with E-state index in [1.165, 1.54) is 0 Å². The van der Waals surface area contributed by atoms with E-state index in [0.29, 0.717) is 0 Å². The number of ether oxygens (including phenoxy) is 1. The third-order valence-electron chi connectivity index (χ3n) is 2.02. The molecule has 18 heavy (non-hydrogen) atoms. The maximum Gasteiger partial charge on any atom is 0.573 e. The summed E-state index contributed by atoms with van der Waals surface area (Å²) in [6, 6.07) is 0. The normalized spacial score (nSPS) is 11.3. The maximum absolute atomic E-state index is 12.2. The molecule has 1 aromatic rings. The summed E-state index contributed by atoms with van der Waals surface area (Å²) in [5, 5.41) is 8.66. The van der Waals surface area contributed by atoms with Gasteiger partial charge in [-0.25, -0.2) is 4.98 Å². The lowest BCUT2D eigenvalue weighted by Gasteiger charge is -2.16. The van der Waals surface area contributed by atoms with E-state index in [2.05, 4.69) is 9.72 Å². The molecule has 0 saturated carbocycles. The minimum absolute atomic E-state index is 0.130. The van der Waals surface area contributed by atoms with Gasteiger partial charge in [0.05, 0.1) is 6.42 Å². The molecule has 0 radical (unpaired) electrons. The van der Waals surface area contributed by atoms with Crippen molar-refractivity contribution in [1.82, 2.24) is 4.98 Å². The zero-order valence-electron chi connectivity index (χ0n) is 8.99. The van der Waals surface area contributed by atoms with Crippen LogP contribution in [0, 0.1) is 0 Å². The van der Waals surface area contributed by atoms with Crippen molar-refractivity contribution >= 4 is 11.8 Å². The van der Waals surface area contributed by atoms with Gasteiger partial charge < -0.3 is 21.3 Å². The highest BCUT2D eigenvalue weighted by atomic mass is 19.4. The number of halogens is 3. The van der Waals surface area contributed by atoms with Crippen LogP contribution in [0.3, 0.4) is 0 Å². The van der Waals surface area contributed by atoms with Crippen LogP contribution in [0.25, 0.3) is 0 Å². The number of carboxylic acids is 1. The average Bonchev–Trinajstić information content (AvgIpc) is 2.21. The van der Waals surface area contributed by atoms with Crippen LogP contribution in [0.5, 0.6) is 5.75 Å². The lowest BCUT2D eigenvalue weighted by molar-refractivity contribution is -0.274. The molecule has 0 aromatic carbocycles. The van der Waals surface area contributed by atoms with Gasteiger partial charge in [-0.2, -0.15) is 0 Å². The van der Waals surface area contributed by atoms with E-state index in [0.717, 1.165) is 6.20 Å². The monoisotopic (exact) mass is 265 g/mol. The summed E-state index contributed by atoms with van der Waals surface area (Å²) >= 11 is 0. The van der Waals surface area contributed by atoms with Crippen LogP contribution in [0.1, 0.15) is 11.1 Å². The third kappa shape index (κ3) is 3.48. The van der Waals surface area contributed by atoms with Gasteiger partial charge >= 0.3 is 12.3 Å². The van der Waals surface area contributed by atoms with Crippen LogP contribution in [-0.4, -0.2) is 22.4 Å². The number of hydrogen-bond donors (Lipinski definition) is 3. The summed E-state index contributed by atoms with van der Waals surface area (Å²) in [6.07, 6.45) is -4.56. The Morgan fingerprint density at radius 2 is 2.11 bits per heavy atom. The van der Waals surface area contributed by atoms with Crippen molar-refractivity contribution in [2.75, 3.05) is 5.73 Å². The zero-order valence-corrected chi connectivity index (χ0v) is 8.99. The zero-order chi connectivity index (χ0) is 13.9. The molecule has 0 amide bonds. The highest BCUT2D eigenvalue weighted by Gasteiger charge is 2.34. The van der Waals surface area contributed by atoms with Crippen molar-refractivity contribution in [1.29, 1.82) is 0 Å². The fraction of sp³-hybridized carbons (Fsp3) is 0.333. The van der Waals surface area contributed by atoms with Crippen LogP contribution >= 0.6 is 0 Å². The molecule has 1 aromatic heterocycles. The van der Waals surface area contributed by atoms with Gasteiger partial charge in [0.1, 0.15) is 0 Å². The molecule has 9 heteroatoms. The molecule has 6 nitrogen and oxygen atoms in total. The Hall–Kier alpha value is -2.03. The van der Waals surface area contributed by atoms with Gasteiger partial charge in [-0.15, -0.1) is 13.2 Å². The number of pyridine rings is 1. The first-order chi connectivity index (χ1) is 8.24. The molecule has 100 valence electrons. The fourth-order valence-electron chi connectivity index (χ4n) is 1.33. The second kappa shape index (κ2) is 5.08. The molecule has 1 rings (SSSR count). The van der Waals surface area contributed by atoms with Gasteiger partial charge in [-0.05, 0) is 5.56 Å². The van der Waals surface area contributed by atoms with E-state index in [1.54, 1.807) is 0 Å². The Morgan fingerprint density at radius 3 is 2.56 bits per heavy atom. The van der Waals surface area contributed by atoms with Crippen molar-refractivity contribution in [2.24, 2.45) is 5.73 Å². The fourth-order valence-corrected chi connectivity index (χ4v) is 1.33. The van der Waals surface area contributed by atoms with Gasteiger partial charge in [0.2, 0.25) is 0 Å². The number of rotatable bonds is 4. The Bertz CT molecular complexity index is 462. The minimum atomic E-state index is -4.99. The van der Waals surface area contributed by atoms with Gasteiger partial charge in [0.15, 0.2) is 11.6 Å². The Kier molecular flexibility index (Phi) is 3.96. The molecule has 0 aliphatic heterocycles. The molecular weight excluding hydrogens is 255 g/mol. The molecule has 0 bridgehead atoms. The second-order valence-electron chi connectivity index (χ2n) is 3.30. The van der Waals surface area contributed by atoms with Crippen molar-refractivity contribution < 1.29 is 27.8 Å². The lowest BCUT2D eigenvalue weighted by Crippen LogP contribution is -2.21. The van der Waals surface area contributed by atoms with Crippen molar-refractivity contribution in [2.45, 2.75) is 19.3 Å². The number of hydrogen-bond acceptors (Lipinski definition) is 5. The number of nitrogen functional groups attached to an aromatic ring is 1. The molecule has 0 saturated heterocycles. The minimum Gasteiger partial charge on any atom is -0.481 e. The molecule has 5 N–H and O–H groups in total. The SMILES string of the molecule is NCc1cnc(N)c(OC(F)(F)F)c1CC(=O)O. The summed E-state index contributed by atoms with van der Waals surface area (Å²) in [5.41, 5.74) is 10.5. The van der Waals surface area contributed by atoms with E-state index in [1.807, 2.05) is 0 Å². The lowest BCUT2D eigenvalue weighted by atomic mass is 10.1. The highest BCUT2D eigenvalue weighted by Crippen LogP contribution is 2.33. The first-order valence-corrected chi connectivity index (χ1v) is 4.68. The molecule has 0 atom stereocenters. The van der Waals surface area contributed by atoms with Crippen LogP contribution in [0.15, 0.2) is 6.20 Å². The molecule has 0 spiro atoms. The summed E-state index contributed by atoms with van der Waals surface area (Å²) in [7, 11) is 0. The van der Waals surface area contributed by atoms with E-state index in [4.69, 9.17) is 16.6 Å². The summed E-state index contributed by atoms with van der Waals surface area (Å²) < 4.78 is 40.3. The summed E-state index contributed by atoms with van der Waals surface area (Å²) in [5.74, 6) is -2.68. The van der Waals surface area contributed by atoms with Crippen LogP contribution in [-0.2, 0) is 17.8 Å². The molecular formula is C9H10F3N3O3. The number of alkyl halides is 3. The predicted octanol–water partition coefficient (Wildman–Crippen LogP) is 0.648. The van der Waals surface area contributed by atoms with E-state index >= 15 is 0 Å². The number of aliphatic carboxylic acids is 1. The number of carbonyl (C=O) groups is 1. The Labute approximate surface area is 99.4 Å². The summed E-state index contributed by atoms with van der Waals surface area (Å²) in [6.45, 7) is -0.176. The van der Waals surface area contributed by atoms with Crippen molar-refractivity contribution in [3.05, 3.63) is 17.3 Å². The van der Waals surface area contributed by atoms with Gasteiger partial charge in [-0.3, -0.25) is 4.79 Å². The first kappa shape index (κ1) is 14.0. The number of anilines is 1. The average molecular weight is 265 g/mol. The van der Waals surface area contributed by atoms with Gasteiger partial charge in [0.25, 0.3) is 0 Å². The van der Waals surface area contributed by atoms with E-state index in [9.17, 15) is 18.0 Å². The molecule has 0 aliphatic rings. The quantitative estimate of drug-likeness (QED) is 0.736. The van der Waals surface area contributed by atoms with E-state index < -0.39 is 30.3 Å². The van der Waals surface area contributed by atoms with Crippen LogP contribution < -0.4 is 16.2 Å². The number of carboxylic acid groups (broad SMARTS) is 1. The maximum atomic E-state index is 12.2. The first-order valence-electron chi connectivity index (χ1n) is 4.68. The number of nitrogens with two attached hydrogens (primary N) is 2. The van der Waals surface area contributed by atoms with E-state index in [-0.39, 0.29) is 17.7 Å².